The van der Waals surface area contributed by atoms with Gasteiger partial charge in [0.25, 0.3) is 5.91 Å². The molecule has 3 rings (SSSR count). The van der Waals surface area contributed by atoms with Gasteiger partial charge in [0.1, 0.15) is 11.8 Å². The number of aryl methyl sites for hydroxylation is 1. The first-order valence-electron chi connectivity index (χ1n) is 7.94. The predicted molar refractivity (Wildman–Crippen MR) is 84.8 cm³/mol. The number of hydrogen-bond acceptors (Lipinski definition) is 6. The second-order valence-electron chi connectivity index (χ2n) is 7.17. The Bertz CT molecular complexity index is 816. The van der Waals surface area contributed by atoms with Gasteiger partial charge < -0.3 is 14.3 Å². The van der Waals surface area contributed by atoms with Crippen LogP contribution in [0, 0.1) is 19.3 Å². The molecule has 2 aromatic heterocycles. The number of aromatic nitrogens is 2. The topological polar surface area (TPSA) is 98.2 Å². The van der Waals surface area contributed by atoms with Gasteiger partial charge >= 0.3 is 0 Å². The molecule has 2 aromatic rings. The molecule has 7 heteroatoms. The van der Waals surface area contributed by atoms with Crippen molar-refractivity contribution in [3.63, 3.8) is 0 Å². The summed E-state index contributed by atoms with van der Waals surface area (Å²) in [6.45, 7) is 9.24. The fourth-order valence-electron chi connectivity index (χ4n) is 3.11. The van der Waals surface area contributed by atoms with Crippen LogP contribution >= 0.6 is 0 Å². The van der Waals surface area contributed by atoms with Gasteiger partial charge in [-0.3, -0.25) is 9.59 Å². The molecule has 0 radical (unpaired) electrons. The highest BCUT2D eigenvalue weighted by Gasteiger charge is 2.37. The Morgan fingerprint density at radius 3 is 2.62 bits per heavy atom. The van der Waals surface area contributed by atoms with Crippen LogP contribution in [-0.2, 0) is 6.42 Å². The third-order valence-electron chi connectivity index (χ3n) is 4.24. The molecule has 0 aliphatic heterocycles. The zero-order chi connectivity index (χ0) is 17.6. The van der Waals surface area contributed by atoms with Crippen molar-refractivity contribution >= 4 is 11.7 Å². The van der Waals surface area contributed by atoms with Crippen molar-refractivity contribution in [3.8, 4) is 0 Å². The van der Waals surface area contributed by atoms with Gasteiger partial charge in [0.05, 0.1) is 5.56 Å². The van der Waals surface area contributed by atoms with Gasteiger partial charge in [-0.1, -0.05) is 19.0 Å². The molecule has 1 aliphatic carbocycles. The smallest absolute Gasteiger partial charge is 0.287 e. The molecule has 2 heterocycles. The number of nitrogens with zero attached hydrogens (tertiary/aromatic N) is 2. The summed E-state index contributed by atoms with van der Waals surface area (Å²) in [5.74, 6) is 1.24. The van der Waals surface area contributed by atoms with Crippen molar-refractivity contribution < 1.29 is 18.5 Å². The van der Waals surface area contributed by atoms with Gasteiger partial charge in [-0.25, -0.2) is 0 Å². The van der Waals surface area contributed by atoms with Gasteiger partial charge in [-0.05, 0) is 26.2 Å². The molecule has 1 atom stereocenters. The average Bonchev–Trinajstić information content (AvgIpc) is 3.01. The zero-order valence-electron chi connectivity index (χ0n) is 14.5. The second kappa shape index (κ2) is 5.58. The van der Waals surface area contributed by atoms with Crippen LogP contribution in [0.15, 0.2) is 8.94 Å². The third kappa shape index (κ3) is 2.86. The lowest BCUT2D eigenvalue weighted by Crippen LogP contribution is -2.27. The molecule has 0 fully saturated rings. The molecule has 0 saturated heterocycles. The average molecular weight is 331 g/mol. The molecule has 24 heavy (non-hydrogen) atoms. The van der Waals surface area contributed by atoms with Crippen molar-refractivity contribution in [1.29, 1.82) is 0 Å². The van der Waals surface area contributed by atoms with Crippen LogP contribution in [0.4, 0.5) is 0 Å². The summed E-state index contributed by atoms with van der Waals surface area (Å²) in [7, 11) is 0. The lowest BCUT2D eigenvalue weighted by molar-refractivity contribution is 0.0880. The molecule has 0 unspecified atom stereocenters. The Morgan fingerprint density at radius 1 is 1.29 bits per heavy atom. The fraction of sp³-hybridized carbons (Fsp3) is 0.529. The Kier molecular flexibility index (Phi) is 3.81. The van der Waals surface area contributed by atoms with E-state index in [4.69, 9.17) is 8.94 Å². The molecule has 0 spiro atoms. The van der Waals surface area contributed by atoms with E-state index in [0.29, 0.717) is 41.4 Å². The van der Waals surface area contributed by atoms with E-state index >= 15 is 0 Å². The lowest BCUT2D eigenvalue weighted by atomic mass is 9.76. The summed E-state index contributed by atoms with van der Waals surface area (Å²) >= 11 is 0. The van der Waals surface area contributed by atoms with Crippen LogP contribution in [0.3, 0.4) is 0 Å². The number of rotatable bonds is 3. The van der Waals surface area contributed by atoms with Crippen molar-refractivity contribution in [3.05, 3.63) is 34.4 Å². The number of carbonyl (C=O) groups excluding carboxylic acids is 2. The molecular formula is C17H21N3O4. The summed E-state index contributed by atoms with van der Waals surface area (Å²) in [5, 5.41) is 6.48. The first kappa shape index (κ1) is 16.4. The minimum Gasteiger partial charge on any atom is -0.455 e. The number of amides is 1. The molecule has 1 amide bonds. The van der Waals surface area contributed by atoms with E-state index in [-0.39, 0.29) is 17.0 Å². The first-order chi connectivity index (χ1) is 11.2. The van der Waals surface area contributed by atoms with E-state index in [9.17, 15) is 9.59 Å². The lowest BCUT2D eigenvalue weighted by Gasteiger charge is -2.27. The van der Waals surface area contributed by atoms with Gasteiger partial charge in [0.15, 0.2) is 17.4 Å². The summed E-state index contributed by atoms with van der Waals surface area (Å²) in [4.78, 5) is 29.0. The molecule has 7 nitrogen and oxygen atoms in total. The molecule has 128 valence electrons. The van der Waals surface area contributed by atoms with Gasteiger partial charge in [0.2, 0.25) is 5.89 Å². The van der Waals surface area contributed by atoms with Crippen LogP contribution in [-0.4, -0.2) is 21.8 Å². The zero-order valence-corrected chi connectivity index (χ0v) is 14.5. The minimum absolute atomic E-state index is 0.0297. The number of fused-ring (bicyclic) bond motifs is 1. The summed E-state index contributed by atoms with van der Waals surface area (Å²) < 4.78 is 10.8. The van der Waals surface area contributed by atoms with E-state index in [0.717, 1.165) is 0 Å². The maximum Gasteiger partial charge on any atom is 0.287 e. The standard InChI is InChI=1S/C17H21N3O4/c1-8-13-11(21)6-17(4,5)7-12(13)23-14(8)15(22)18-9(2)16-19-10(3)20-24-16/h9H,6-7H2,1-5H3,(H,18,22)/t9-/m1/s1. The SMILES string of the molecule is Cc1noc([C@@H](C)NC(=O)c2oc3c(c2C)C(=O)CC(C)(C)C3)n1. The molecule has 0 saturated carbocycles. The van der Waals surface area contributed by atoms with Gasteiger partial charge in [0, 0.05) is 18.4 Å². The number of Topliss-reactive ketones (excluding diaryl/α,β-unsaturated/α-hetero) is 1. The van der Waals surface area contributed by atoms with Crippen molar-refractivity contribution in [2.24, 2.45) is 5.41 Å². The molecule has 0 aromatic carbocycles. The fourth-order valence-corrected chi connectivity index (χ4v) is 3.11. The molecule has 1 aliphatic rings. The maximum absolute atomic E-state index is 12.5. The Labute approximate surface area is 139 Å². The monoisotopic (exact) mass is 331 g/mol. The number of carbonyl (C=O) groups is 2. The van der Waals surface area contributed by atoms with E-state index in [1.165, 1.54) is 0 Å². The van der Waals surface area contributed by atoms with E-state index < -0.39 is 11.9 Å². The van der Waals surface area contributed by atoms with E-state index in [2.05, 4.69) is 15.5 Å². The maximum atomic E-state index is 12.5. The molecule has 0 bridgehead atoms. The first-order valence-corrected chi connectivity index (χ1v) is 7.94. The largest absolute Gasteiger partial charge is 0.455 e. The number of nitrogens with one attached hydrogen (secondary N) is 1. The van der Waals surface area contributed by atoms with Crippen molar-refractivity contribution in [2.75, 3.05) is 0 Å². The summed E-state index contributed by atoms with van der Waals surface area (Å²) in [6, 6.07) is -0.452. The highest BCUT2D eigenvalue weighted by Crippen LogP contribution is 2.38. The highest BCUT2D eigenvalue weighted by molar-refractivity contribution is 6.03. The predicted octanol–water partition coefficient (Wildman–Crippen LogP) is 2.93. The van der Waals surface area contributed by atoms with Crippen LogP contribution in [0.25, 0.3) is 0 Å². The number of furan rings is 1. The minimum atomic E-state index is -0.452. The quantitative estimate of drug-likeness (QED) is 0.928. The Balaban J connectivity index is 1.85. The Morgan fingerprint density at radius 2 is 2.00 bits per heavy atom. The van der Waals surface area contributed by atoms with Crippen LogP contribution in [0.1, 0.15) is 77.2 Å². The van der Waals surface area contributed by atoms with E-state index in [1.807, 2.05) is 13.8 Å². The van der Waals surface area contributed by atoms with E-state index in [1.54, 1.807) is 20.8 Å². The highest BCUT2D eigenvalue weighted by atomic mass is 16.5. The normalized spacial score (nSPS) is 17.5. The van der Waals surface area contributed by atoms with Crippen LogP contribution < -0.4 is 5.32 Å². The van der Waals surface area contributed by atoms with Crippen LogP contribution in [0.2, 0.25) is 0 Å². The van der Waals surface area contributed by atoms with Gasteiger partial charge in [-0.2, -0.15) is 4.98 Å². The summed E-state index contributed by atoms with van der Waals surface area (Å²) in [6.07, 6.45) is 1.10. The Hall–Kier alpha value is -2.44. The van der Waals surface area contributed by atoms with Crippen molar-refractivity contribution in [2.45, 2.75) is 53.5 Å². The number of ketones is 1. The number of hydrogen-bond donors (Lipinski definition) is 1. The molecular weight excluding hydrogens is 310 g/mol. The van der Waals surface area contributed by atoms with Crippen LogP contribution in [0.5, 0.6) is 0 Å². The van der Waals surface area contributed by atoms with Crippen molar-refractivity contribution in [1.82, 2.24) is 15.5 Å². The van der Waals surface area contributed by atoms with Gasteiger partial charge in [-0.15, -0.1) is 0 Å². The summed E-state index contributed by atoms with van der Waals surface area (Å²) in [5.41, 5.74) is 0.995. The molecule has 1 N–H and O–H groups in total. The third-order valence-corrected chi connectivity index (χ3v) is 4.24. The second-order valence-corrected chi connectivity index (χ2v) is 7.17.